The molecular weight excluding hydrogens is 280 g/mol. The zero-order chi connectivity index (χ0) is 15.0. The van der Waals surface area contributed by atoms with Crippen LogP contribution >= 0.6 is 0 Å². The van der Waals surface area contributed by atoms with E-state index in [0.29, 0.717) is 19.7 Å². The second-order valence-corrected chi connectivity index (χ2v) is 6.88. The monoisotopic (exact) mass is 308 g/mol. The summed E-state index contributed by atoms with van der Waals surface area (Å²) in [5.41, 5.74) is 0. The van der Waals surface area contributed by atoms with E-state index in [9.17, 15) is 8.42 Å². The third-order valence-electron chi connectivity index (χ3n) is 3.47. The van der Waals surface area contributed by atoms with E-state index in [1.807, 2.05) is 7.05 Å². The maximum Gasteiger partial charge on any atom is 0.279 e. The van der Waals surface area contributed by atoms with E-state index in [1.165, 1.54) is 4.31 Å². The van der Waals surface area contributed by atoms with Crippen LogP contribution in [0.2, 0.25) is 0 Å². The van der Waals surface area contributed by atoms with Crippen molar-refractivity contribution in [2.75, 3.05) is 60.0 Å². The lowest BCUT2D eigenvalue weighted by Crippen LogP contribution is -2.49. The second kappa shape index (κ2) is 8.91. The topological polar surface area (TPSA) is 73.9 Å². The van der Waals surface area contributed by atoms with Gasteiger partial charge in [-0.15, -0.1) is 0 Å². The molecule has 1 aliphatic heterocycles. The van der Waals surface area contributed by atoms with E-state index in [1.54, 1.807) is 7.05 Å². The summed E-state index contributed by atoms with van der Waals surface area (Å²) in [6.45, 7) is 7.07. The van der Waals surface area contributed by atoms with Gasteiger partial charge in [-0.2, -0.15) is 17.4 Å². The van der Waals surface area contributed by atoms with Crippen molar-refractivity contribution in [1.29, 1.82) is 0 Å². The number of nitrogens with zero attached hydrogens (tertiary/aromatic N) is 2. The van der Waals surface area contributed by atoms with Crippen molar-refractivity contribution in [3.63, 3.8) is 0 Å². The summed E-state index contributed by atoms with van der Waals surface area (Å²) in [4.78, 5) is 2.26. The molecule has 1 atom stereocenters. The Morgan fingerprint density at radius 1 is 1.45 bits per heavy atom. The molecule has 0 aromatic carbocycles. The zero-order valence-corrected chi connectivity index (χ0v) is 13.6. The third-order valence-corrected chi connectivity index (χ3v) is 5.01. The largest absolute Gasteiger partial charge is 0.374 e. The summed E-state index contributed by atoms with van der Waals surface area (Å²) < 4.78 is 33.7. The minimum absolute atomic E-state index is 0.0656. The highest BCUT2D eigenvalue weighted by molar-refractivity contribution is 7.87. The maximum atomic E-state index is 12.0. The predicted octanol–water partition coefficient (Wildman–Crippen LogP) is -0.917. The van der Waals surface area contributed by atoms with Crippen molar-refractivity contribution < 1.29 is 13.2 Å². The molecule has 1 fully saturated rings. The number of morpholine rings is 1. The number of hydrogen-bond acceptors (Lipinski definition) is 5. The van der Waals surface area contributed by atoms with Gasteiger partial charge in [0.2, 0.25) is 0 Å². The van der Waals surface area contributed by atoms with Crippen molar-refractivity contribution in [3.05, 3.63) is 0 Å². The fourth-order valence-electron chi connectivity index (χ4n) is 2.10. The molecule has 0 aliphatic carbocycles. The van der Waals surface area contributed by atoms with E-state index in [-0.39, 0.29) is 6.10 Å². The molecule has 1 unspecified atom stereocenters. The lowest BCUT2D eigenvalue weighted by atomic mass is 10.3. The molecule has 7 nitrogen and oxygen atoms in total. The lowest BCUT2D eigenvalue weighted by Gasteiger charge is -2.32. The molecular formula is C12H28N4O3S. The van der Waals surface area contributed by atoms with Crippen LogP contribution in [0.4, 0.5) is 0 Å². The van der Waals surface area contributed by atoms with E-state index < -0.39 is 10.2 Å². The van der Waals surface area contributed by atoms with Gasteiger partial charge in [-0.25, -0.2) is 0 Å². The first-order valence-corrected chi connectivity index (χ1v) is 8.63. The third kappa shape index (κ3) is 6.02. The van der Waals surface area contributed by atoms with E-state index in [2.05, 4.69) is 21.9 Å². The SMILES string of the molecule is CCN1CCOC(CNS(=O)(=O)N(C)CCCNC)C1. The number of nitrogens with one attached hydrogen (secondary N) is 2. The first-order valence-electron chi connectivity index (χ1n) is 7.19. The van der Waals surface area contributed by atoms with Crippen molar-refractivity contribution in [2.45, 2.75) is 19.4 Å². The molecule has 8 heteroatoms. The summed E-state index contributed by atoms with van der Waals surface area (Å²) in [6, 6.07) is 0. The van der Waals surface area contributed by atoms with Crippen molar-refractivity contribution >= 4 is 10.2 Å². The molecule has 0 aromatic heterocycles. The van der Waals surface area contributed by atoms with Crippen LogP contribution in [0.1, 0.15) is 13.3 Å². The van der Waals surface area contributed by atoms with Gasteiger partial charge in [0.1, 0.15) is 0 Å². The van der Waals surface area contributed by atoms with Gasteiger partial charge in [0.05, 0.1) is 12.7 Å². The summed E-state index contributed by atoms with van der Waals surface area (Å²) in [5.74, 6) is 0. The van der Waals surface area contributed by atoms with Crippen LogP contribution in [-0.2, 0) is 14.9 Å². The van der Waals surface area contributed by atoms with Gasteiger partial charge in [-0.3, -0.25) is 4.90 Å². The Bertz CT molecular complexity index is 364. The zero-order valence-electron chi connectivity index (χ0n) is 12.8. The van der Waals surface area contributed by atoms with Gasteiger partial charge in [0.25, 0.3) is 10.2 Å². The molecule has 2 N–H and O–H groups in total. The molecule has 0 radical (unpaired) electrons. The van der Waals surface area contributed by atoms with Gasteiger partial charge < -0.3 is 10.1 Å². The molecule has 0 aromatic rings. The number of ether oxygens (including phenoxy) is 1. The van der Waals surface area contributed by atoms with Crippen molar-refractivity contribution in [2.24, 2.45) is 0 Å². The minimum atomic E-state index is -3.41. The Balaban J connectivity index is 2.34. The highest BCUT2D eigenvalue weighted by Gasteiger charge is 2.23. The second-order valence-electron chi connectivity index (χ2n) is 5.02. The Morgan fingerprint density at radius 3 is 2.85 bits per heavy atom. The Kier molecular flexibility index (Phi) is 7.93. The minimum Gasteiger partial charge on any atom is -0.374 e. The fourth-order valence-corrected chi connectivity index (χ4v) is 3.08. The fraction of sp³-hybridized carbons (Fsp3) is 1.00. The Hall–Kier alpha value is -0.250. The number of hydrogen-bond donors (Lipinski definition) is 2. The van der Waals surface area contributed by atoms with Crippen LogP contribution < -0.4 is 10.0 Å². The summed E-state index contributed by atoms with van der Waals surface area (Å²) in [5, 5.41) is 3.00. The first kappa shape index (κ1) is 17.8. The average Bonchev–Trinajstić information content (AvgIpc) is 2.45. The highest BCUT2D eigenvalue weighted by atomic mass is 32.2. The lowest BCUT2D eigenvalue weighted by molar-refractivity contribution is -0.0230. The molecule has 120 valence electrons. The molecule has 1 saturated heterocycles. The molecule has 0 saturated carbocycles. The van der Waals surface area contributed by atoms with Crippen LogP contribution in [0.5, 0.6) is 0 Å². The van der Waals surface area contributed by atoms with Crippen LogP contribution in [0, 0.1) is 0 Å². The molecule has 1 rings (SSSR count). The first-order chi connectivity index (χ1) is 9.49. The molecule has 1 aliphatic rings. The van der Waals surface area contributed by atoms with Gasteiger partial charge in [-0.05, 0) is 26.6 Å². The maximum absolute atomic E-state index is 12.0. The molecule has 0 spiro atoms. The molecule has 0 bridgehead atoms. The summed E-state index contributed by atoms with van der Waals surface area (Å²) in [7, 11) is 0.0418. The van der Waals surface area contributed by atoms with Crippen LogP contribution in [0.15, 0.2) is 0 Å². The van der Waals surface area contributed by atoms with Gasteiger partial charge >= 0.3 is 0 Å². The van der Waals surface area contributed by atoms with Crippen LogP contribution in [0.3, 0.4) is 0 Å². The van der Waals surface area contributed by atoms with Gasteiger partial charge in [-0.1, -0.05) is 6.92 Å². The summed E-state index contributed by atoms with van der Waals surface area (Å²) in [6.07, 6.45) is 0.724. The number of rotatable bonds is 9. The average molecular weight is 308 g/mol. The molecule has 20 heavy (non-hydrogen) atoms. The Morgan fingerprint density at radius 2 is 2.20 bits per heavy atom. The van der Waals surface area contributed by atoms with Crippen molar-refractivity contribution in [3.8, 4) is 0 Å². The van der Waals surface area contributed by atoms with E-state index in [0.717, 1.165) is 32.6 Å². The van der Waals surface area contributed by atoms with E-state index in [4.69, 9.17) is 4.74 Å². The summed E-state index contributed by atoms with van der Waals surface area (Å²) >= 11 is 0. The number of likely N-dealkylation sites (N-methyl/N-ethyl adjacent to an activating group) is 1. The highest BCUT2D eigenvalue weighted by Crippen LogP contribution is 2.05. The van der Waals surface area contributed by atoms with Gasteiger partial charge in [0, 0.05) is 33.2 Å². The van der Waals surface area contributed by atoms with Crippen molar-refractivity contribution in [1.82, 2.24) is 19.2 Å². The predicted molar refractivity (Wildman–Crippen MR) is 80.0 cm³/mol. The quantitative estimate of drug-likeness (QED) is 0.539. The normalized spacial score (nSPS) is 21.5. The van der Waals surface area contributed by atoms with Crippen LogP contribution in [-0.4, -0.2) is 83.7 Å². The van der Waals surface area contributed by atoms with Gasteiger partial charge in [0.15, 0.2) is 0 Å². The molecule has 0 amide bonds. The smallest absolute Gasteiger partial charge is 0.279 e. The van der Waals surface area contributed by atoms with Crippen LogP contribution in [0.25, 0.3) is 0 Å². The van der Waals surface area contributed by atoms with E-state index >= 15 is 0 Å². The Labute approximate surface area is 122 Å². The standard InChI is InChI=1S/C12H28N4O3S/c1-4-16-8-9-19-12(11-16)10-14-20(17,18)15(3)7-5-6-13-2/h12-14H,4-11H2,1-3H3. The molecule has 1 heterocycles.